The van der Waals surface area contributed by atoms with Crippen LogP contribution in [0, 0.1) is 13.8 Å². The largest absolute Gasteiger partial charge is 0.479 e. The summed E-state index contributed by atoms with van der Waals surface area (Å²) >= 11 is 0. The molecule has 18 heavy (non-hydrogen) atoms. The molecule has 0 aromatic carbocycles. The molecule has 100 valence electrons. The van der Waals surface area contributed by atoms with E-state index in [0.717, 1.165) is 5.69 Å². The molecule has 2 amide bonds. The Kier molecular flexibility index (Phi) is 4.67. The molecule has 1 atom stereocenters. The van der Waals surface area contributed by atoms with E-state index in [2.05, 4.69) is 20.8 Å². The van der Waals surface area contributed by atoms with Gasteiger partial charge in [-0.15, -0.1) is 0 Å². The van der Waals surface area contributed by atoms with Crippen molar-refractivity contribution in [2.45, 2.75) is 26.4 Å². The monoisotopic (exact) mass is 256 g/mol. The zero-order valence-corrected chi connectivity index (χ0v) is 10.1. The van der Waals surface area contributed by atoms with E-state index in [9.17, 15) is 9.59 Å². The first-order chi connectivity index (χ1) is 8.41. The summed E-state index contributed by atoms with van der Waals surface area (Å²) in [5, 5.41) is 29.1. The molecule has 8 nitrogen and oxygen atoms in total. The maximum atomic E-state index is 11.5. The number of amides is 2. The molecule has 0 aliphatic carbocycles. The molecule has 0 aliphatic heterocycles. The molecular formula is C10H16N4O4. The highest BCUT2D eigenvalue weighted by atomic mass is 16.4. The lowest BCUT2D eigenvalue weighted by Gasteiger charge is -2.09. The standard InChI is InChI=1S/C10H16N4O4/c1-5-8(6(2)14-13-5)12-10(18)11-4-3-7(15)9(16)17/h7,15H,3-4H2,1-2H3,(H,13,14)(H,16,17)(H2,11,12,18)/t7-/m0/s1. The van der Waals surface area contributed by atoms with Gasteiger partial charge in [0, 0.05) is 13.0 Å². The Balaban J connectivity index is 2.37. The van der Waals surface area contributed by atoms with Crippen LogP contribution >= 0.6 is 0 Å². The van der Waals surface area contributed by atoms with Gasteiger partial charge in [-0.2, -0.15) is 5.10 Å². The molecule has 5 N–H and O–H groups in total. The van der Waals surface area contributed by atoms with Gasteiger partial charge in [-0.3, -0.25) is 5.10 Å². The Labute approximate surface area is 103 Å². The number of anilines is 1. The fraction of sp³-hybridized carbons (Fsp3) is 0.500. The van der Waals surface area contributed by atoms with Gasteiger partial charge in [0.05, 0.1) is 17.1 Å². The molecule has 0 unspecified atom stereocenters. The molecule has 1 heterocycles. The Bertz CT molecular complexity index is 424. The van der Waals surface area contributed by atoms with Gasteiger partial charge in [0.25, 0.3) is 0 Å². The topological polar surface area (TPSA) is 127 Å². The quantitative estimate of drug-likeness (QED) is 0.506. The number of urea groups is 1. The highest BCUT2D eigenvalue weighted by Gasteiger charge is 2.14. The first-order valence-corrected chi connectivity index (χ1v) is 5.39. The highest BCUT2D eigenvalue weighted by Crippen LogP contribution is 2.15. The number of aliphatic carboxylic acids is 1. The summed E-state index contributed by atoms with van der Waals surface area (Å²) in [6.45, 7) is 3.58. The fourth-order valence-electron chi connectivity index (χ4n) is 1.34. The number of carboxylic acids is 1. The molecule has 0 fully saturated rings. The van der Waals surface area contributed by atoms with Crippen molar-refractivity contribution in [3.8, 4) is 0 Å². The molecule has 0 saturated carbocycles. The molecule has 0 saturated heterocycles. The smallest absolute Gasteiger partial charge is 0.332 e. The van der Waals surface area contributed by atoms with E-state index in [-0.39, 0.29) is 13.0 Å². The maximum Gasteiger partial charge on any atom is 0.332 e. The van der Waals surface area contributed by atoms with Crippen molar-refractivity contribution in [2.75, 3.05) is 11.9 Å². The lowest BCUT2D eigenvalue weighted by atomic mass is 10.2. The first-order valence-electron chi connectivity index (χ1n) is 5.39. The number of rotatable bonds is 5. The Hall–Kier alpha value is -2.09. The number of aliphatic hydroxyl groups is 1. The van der Waals surface area contributed by atoms with Gasteiger partial charge >= 0.3 is 12.0 Å². The van der Waals surface area contributed by atoms with Crippen molar-refractivity contribution in [3.05, 3.63) is 11.4 Å². The second-order valence-electron chi connectivity index (χ2n) is 3.83. The first kappa shape index (κ1) is 14.0. The van der Waals surface area contributed by atoms with E-state index in [4.69, 9.17) is 10.2 Å². The number of carbonyl (C=O) groups excluding carboxylic acids is 1. The summed E-state index contributed by atoms with van der Waals surface area (Å²) in [6, 6.07) is -0.472. The number of hydrogen-bond donors (Lipinski definition) is 5. The van der Waals surface area contributed by atoms with Crippen LogP contribution in [0.3, 0.4) is 0 Å². The molecule has 0 radical (unpaired) electrons. The normalized spacial score (nSPS) is 11.9. The van der Waals surface area contributed by atoms with E-state index < -0.39 is 18.1 Å². The van der Waals surface area contributed by atoms with Crippen molar-refractivity contribution < 1.29 is 19.8 Å². The van der Waals surface area contributed by atoms with Crippen LogP contribution in [-0.4, -0.2) is 45.1 Å². The summed E-state index contributed by atoms with van der Waals surface area (Å²) in [5.41, 5.74) is 1.98. The second-order valence-corrected chi connectivity index (χ2v) is 3.83. The van der Waals surface area contributed by atoms with E-state index in [1.54, 1.807) is 13.8 Å². The number of H-pyrrole nitrogens is 1. The van der Waals surface area contributed by atoms with E-state index in [1.807, 2.05) is 0 Å². The molecule has 0 spiro atoms. The van der Waals surface area contributed by atoms with E-state index >= 15 is 0 Å². The third-order valence-electron chi connectivity index (χ3n) is 2.36. The third-order valence-corrected chi connectivity index (χ3v) is 2.36. The molecule has 0 aliphatic rings. The zero-order chi connectivity index (χ0) is 13.7. The van der Waals surface area contributed by atoms with Crippen molar-refractivity contribution in [1.82, 2.24) is 15.5 Å². The minimum absolute atomic E-state index is 0.0495. The average Bonchev–Trinajstić information content (AvgIpc) is 2.60. The fourth-order valence-corrected chi connectivity index (χ4v) is 1.34. The van der Waals surface area contributed by atoms with Crippen molar-refractivity contribution in [3.63, 3.8) is 0 Å². The molecule has 1 rings (SSSR count). The maximum absolute atomic E-state index is 11.5. The molecule has 1 aromatic rings. The van der Waals surface area contributed by atoms with Gasteiger partial charge in [0.2, 0.25) is 0 Å². The summed E-state index contributed by atoms with van der Waals surface area (Å²) in [5.74, 6) is -1.31. The lowest BCUT2D eigenvalue weighted by molar-refractivity contribution is -0.146. The van der Waals surface area contributed by atoms with Crippen LogP contribution < -0.4 is 10.6 Å². The minimum atomic E-state index is -1.47. The number of carboxylic acid groups (broad SMARTS) is 1. The summed E-state index contributed by atoms with van der Waals surface area (Å²) in [4.78, 5) is 21.8. The highest BCUT2D eigenvalue weighted by molar-refractivity contribution is 5.90. The van der Waals surface area contributed by atoms with Crippen molar-refractivity contribution in [2.24, 2.45) is 0 Å². The number of nitrogens with one attached hydrogen (secondary N) is 3. The second kappa shape index (κ2) is 6.01. The number of aryl methyl sites for hydroxylation is 2. The number of aliphatic hydroxyl groups excluding tert-OH is 1. The number of aromatic nitrogens is 2. The van der Waals surface area contributed by atoms with Crippen LogP contribution in [0.2, 0.25) is 0 Å². The summed E-state index contributed by atoms with van der Waals surface area (Å²) in [6.07, 6.45) is -1.52. The van der Waals surface area contributed by atoms with E-state index in [1.165, 1.54) is 0 Å². The Morgan fingerprint density at radius 2 is 2.11 bits per heavy atom. The van der Waals surface area contributed by atoms with Gasteiger partial charge < -0.3 is 20.8 Å². The molecule has 0 bridgehead atoms. The Morgan fingerprint density at radius 3 is 2.61 bits per heavy atom. The van der Waals surface area contributed by atoms with Gasteiger partial charge in [-0.05, 0) is 13.8 Å². The number of aromatic amines is 1. The Morgan fingerprint density at radius 1 is 1.44 bits per heavy atom. The average molecular weight is 256 g/mol. The van der Waals surface area contributed by atoms with Crippen molar-refractivity contribution >= 4 is 17.7 Å². The van der Waals surface area contributed by atoms with Gasteiger partial charge in [0.1, 0.15) is 0 Å². The summed E-state index contributed by atoms with van der Waals surface area (Å²) < 4.78 is 0. The van der Waals surface area contributed by atoms with E-state index in [0.29, 0.717) is 11.4 Å². The van der Waals surface area contributed by atoms with Gasteiger partial charge in [-0.1, -0.05) is 0 Å². The van der Waals surface area contributed by atoms with Crippen LogP contribution in [0.1, 0.15) is 17.8 Å². The minimum Gasteiger partial charge on any atom is -0.479 e. The van der Waals surface area contributed by atoms with Gasteiger partial charge in [0.15, 0.2) is 6.10 Å². The SMILES string of the molecule is Cc1n[nH]c(C)c1NC(=O)NCC[C@H](O)C(=O)O. The van der Waals surface area contributed by atoms with Crippen LogP contribution in [0.25, 0.3) is 0 Å². The predicted molar refractivity (Wildman–Crippen MR) is 63.3 cm³/mol. The molecule has 8 heteroatoms. The third kappa shape index (κ3) is 3.74. The zero-order valence-electron chi connectivity index (χ0n) is 10.1. The summed E-state index contributed by atoms with van der Waals surface area (Å²) in [7, 11) is 0. The number of hydrogen-bond acceptors (Lipinski definition) is 4. The van der Waals surface area contributed by atoms with Crippen LogP contribution in [0.4, 0.5) is 10.5 Å². The molecule has 1 aromatic heterocycles. The number of carbonyl (C=O) groups is 2. The lowest BCUT2D eigenvalue weighted by Crippen LogP contribution is -2.33. The van der Waals surface area contributed by atoms with Crippen molar-refractivity contribution in [1.29, 1.82) is 0 Å². The number of nitrogens with zero attached hydrogens (tertiary/aromatic N) is 1. The molecular weight excluding hydrogens is 240 g/mol. The predicted octanol–water partition coefficient (Wildman–Crippen LogP) is -0.0164. The van der Waals surface area contributed by atoms with Crippen LogP contribution in [-0.2, 0) is 4.79 Å². The van der Waals surface area contributed by atoms with Gasteiger partial charge in [-0.25, -0.2) is 9.59 Å². The van der Waals surface area contributed by atoms with Crippen LogP contribution in [0.5, 0.6) is 0 Å². The van der Waals surface area contributed by atoms with Crippen LogP contribution in [0.15, 0.2) is 0 Å².